The van der Waals surface area contributed by atoms with Gasteiger partial charge in [-0.25, -0.2) is 0 Å². The van der Waals surface area contributed by atoms with Crippen LogP contribution in [0.5, 0.6) is 5.75 Å². The summed E-state index contributed by atoms with van der Waals surface area (Å²) < 4.78 is 11.2. The fourth-order valence-corrected chi connectivity index (χ4v) is 3.28. The average molecular weight is 305 g/mol. The van der Waals surface area contributed by atoms with E-state index in [9.17, 15) is 4.79 Å². The molecule has 1 N–H and O–H groups in total. The number of ether oxygens (including phenoxy) is 2. The first kappa shape index (κ1) is 16.8. The molecule has 0 aliphatic heterocycles. The number of benzene rings is 1. The highest BCUT2D eigenvalue weighted by Crippen LogP contribution is 2.36. The van der Waals surface area contributed by atoms with E-state index in [1.54, 1.807) is 7.11 Å². The third-order valence-corrected chi connectivity index (χ3v) is 4.49. The molecule has 0 aromatic heterocycles. The quantitative estimate of drug-likeness (QED) is 0.896. The Morgan fingerprint density at radius 1 is 1.45 bits per heavy atom. The van der Waals surface area contributed by atoms with E-state index in [-0.39, 0.29) is 5.91 Å². The van der Waals surface area contributed by atoms with Crippen LogP contribution in [0.2, 0.25) is 0 Å². The fourth-order valence-electron chi connectivity index (χ4n) is 3.28. The van der Waals surface area contributed by atoms with Gasteiger partial charge in [-0.15, -0.1) is 0 Å². The van der Waals surface area contributed by atoms with Crippen molar-refractivity contribution in [1.82, 2.24) is 0 Å². The van der Waals surface area contributed by atoms with Crippen LogP contribution in [-0.4, -0.2) is 25.2 Å². The number of nitrogens with one attached hydrogen (secondary N) is 1. The highest BCUT2D eigenvalue weighted by Gasteiger charge is 2.41. The number of carbonyl (C=O) groups is 1. The number of rotatable bonds is 5. The number of hydrogen-bond donors (Lipinski definition) is 1. The van der Waals surface area contributed by atoms with Crippen LogP contribution in [0.4, 0.5) is 5.69 Å². The highest BCUT2D eigenvalue weighted by atomic mass is 16.5. The number of hydrogen-bond acceptors (Lipinski definition) is 3. The van der Waals surface area contributed by atoms with E-state index in [1.165, 1.54) is 6.42 Å². The van der Waals surface area contributed by atoms with Gasteiger partial charge in [0.05, 0.1) is 6.61 Å². The molecule has 1 saturated carbocycles. The van der Waals surface area contributed by atoms with Crippen LogP contribution in [0, 0.1) is 12.8 Å². The van der Waals surface area contributed by atoms with Crippen molar-refractivity contribution in [2.45, 2.75) is 52.1 Å². The van der Waals surface area contributed by atoms with Gasteiger partial charge < -0.3 is 14.8 Å². The van der Waals surface area contributed by atoms with Gasteiger partial charge in [0.1, 0.15) is 11.4 Å². The van der Waals surface area contributed by atoms with Crippen molar-refractivity contribution in [3.63, 3.8) is 0 Å². The molecule has 1 aliphatic rings. The zero-order chi connectivity index (χ0) is 16.2. The van der Waals surface area contributed by atoms with Gasteiger partial charge in [0.15, 0.2) is 0 Å². The number of carbonyl (C=O) groups excluding carboxylic acids is 1. The van der Waals surface area contributed by atoms with Crippen molar-refractivity contribution in [1.29, 1.82) is 0 Å². The molecule has 4 heteroatoms. The topological polar surface area (TPSA) is 47.6 Å². The molecular weight excluding hydrogens is 278 g/mol. The molecule has 122 valence electrons. The molecule has 0 bridgehead atoms. The smallest absolute Gasteiger partial charge is 0.256 e. The molecule has 1 amide bonds. The van der Waals surface area contributed by atoms with Crippen LogP contribution >= 0.6 is 0 Å². The van der Waals surface area contributed by atoms with E-state index >= 15 is 0 Å². The second kappa shape index (κ2) is 7.14. The Balaban J connectivity index is 2.12. The summed E-state index contributed by atoms with van der Waals surface area (Å²) in [4.78, 5) is 12.7. The minimum absolute atomic E-state index is 0.0369. The lowest BCUT2D eigenvalue weighted by atomic mass is 9.78. The number of amides is 1. The van der Waals surface area contributed by atoms with Gasteiger partial charge in [0.2, 0.25) is 0 Å². The van der Waals surface area contributed by atoms with Crippen molar-refractivity contribution >= 4 is 11.6 Å². The second-order valence-electron chi connectivity index (χ2n) is 6.27. The van der Waals surface area contributed by atoms with E-state index in [0.29, 0.717) is 12.5 Å². The Bertz CT molecular complexity index is 529. The Morgan fingerprint density at radius 3 is 2.82 bits per heavy atom. The van der Waals surface area contributed by atoms with Gasteiger partial charge >= 0.3 is 0 Å². The number of methoxy groups -OCH3 is 1. The molecule has 2 atom stereocenters. The predicted octanol–water partition coefficient (Wildman–Crippen LogP) is 3.93. The van der Waals surface area contributed by atoms with Crippen molar-refractivity contribution in [3.8, 4) is 5.75 Å². The Labute approximate surface area is 133 Å². The van der Waals surface area contributed by atoms with Crippen LogP contribution in [0.15, 0.2) is 18.2 Å². The standard InChI is InChI=1S/C18H27NO3/c1-5-22-16-9-8-15(11-14(16)3)19-17(20)18(21-4)10-6-7-13(2)12-18/h8-9,11,13H,5-7,10,12H2,1-4H3,(H,19,20)/t13-,18-/m0/s1. The lowest BCUT2D eigenvalue weighted by molar-refractivity contribution is -0.143. The van der Waals surface area contributed by atoms with Crippen LogP contribution in [-0.2, 0) is 9.53 Å². The van der Waals surface area contributed by atoms with E-state index in [2.05, 4.69) is 12.2 Å². The molecule has 0 spiro atoms. The van der Waals surface area contributed by atoms with E-state index in [0.717, 1.165) is 36.3 Å². The molecule has 0 radical (unpaired) electrons. The maximum absolute atomic E-state index is 12.7. The summed E-state index contributed by atoms with van der Waals surface area (Å²) in [6.07, 6.45) is 3.77. The predicted molar refractivity (Wildman–Crippen MR) is 88.3 cm³/mol. The summed E-state index contributed by atoms with van der Waals surface area (Å²) in [5, 5.41) is 3.01. The largest absolute Gasteiger partial charge is 0.494 e. The van der Waals surface area contributed by atoms with Gasteiger partial charge in [-0.05, 0) is 62.8 Å². The van der Waals surface area contributed by atoms with Crippen molar-refractivity contribution in [3.05, 3.63) is 23.8 Å². The van der Waals surface area contributed by atoms with E-state index in [1.807, 2.05) is 32.0 Å². The minimum Gasteiger partial charge on any atom is -0.494 e. The lowest BCUT2D eigenvalue weighted by Gasteiger charge is -2.37. The van der Waals surface area contributed by atoms with Gasteiger partial charge in [0.25, 0.3) is 5.91 Å². The van der Waals surface area contributed by atoms with Crippen LogP contribution in [0.3, 0.4) is 0 Å². The van der Waals surface area contributed by atoms with Crippen molar-refractivity contribution < 1.29 is 14.3 Å². The van der Waals surface area contributed by atoms with E-state index in [4.69, 9.17) is 9.47 Å². The van der Waals surface area contributed by atoms with E-state index < -0.39 is 5.60 Å². The van der Waals surface area contributed by atoms with Crippen molar-refractivity contribution in [2.75, 3.05) is 19.0 Å². The van der Waals surface area contributed by atoms with Gasteiger partial charge in [-0.2, -0.15) is 0 Å². The third-order valence-electron chi connectivity index (χ3n) is 4.49. The van der Waals surface area contributed by atoms with Crippen LogP contribution in [0.25, 0.3) is 0 Å². The summed E-state index contributed by atoms with van der Waals surface area (Å²) in [7, 11) is 1.64. The highest BCUT2D eigenvalue weighted by molar-refractivity contribution is 5.97. The zero-order valence-corrected chi connectivity index (χ0v) is 14.1. The Hall–Kier alpha value is -1.55. The minimum atomic E-state index is -0.690. The summed E-state index contributed by atoms with van der Waals surface area (Å²) >= 11 is 0. The maximum Gasteiger partial charge on any atom is 0.256 e. The molecular formula is C18H27NO3. The molecule has 2 rings (SSSR count). The molecule has 4 nitrogen and oxygen atoms in total. The molecule has 22 heavy (non-hydrogen) atoms. The zero-order valence-electron chi connectivity index (χ0n) is 14.1. The monoisotopic (exact) mass is 305 g/mol. The third kappa shape index (κ3) is 3.61. The van der Waals surface area contributed by atoms with Crippen molar-refractivity contribution in [2.24, 2.45) is 5.92 Å². The molecule has 1 aromatic rings. The SMILES string of the molecule is CCOc1ccc(NC(=O)[C@]2(OC)CCC[C@H](C)C2)cc1C. The average Bonchev–Trinajstić information content (AvgIpc) is 2.50. The molecule has 1 aromatic carbocycles. The molecule has 0 unspecified atom stereocenters. The summed E-state index contributed by atoms with van der Waals surface area (Å²) in [6.45, 7) is 6.76. The summed E-state index contributed by atoms with van der Waals surface area (Å²) in [6, 6.07) is 5.72. The van der Waals surface area contributed by atoms with Gasteiger partial charge in [-0.1, -0.05) is 13.3 Å². The van der Waals surface area contributed by atoms with Gasteiger partial charge in [-0.3, -0.25) is 4.79 Å². The lowest BCUT2D eigenvalue weighted by Crippen LogP contribution is -2.47. The number of aryl methyl sites for hydroxylation is 1. The molecule has 1 aliphatic carbocycles. The first-order valence-electron chi connectivity index (χ1n) is 8.11. The molecule has 1 fully saturated rings. The molecule has 0 saturated heterocycles. The molecule has 0 heterocycles. The first-order chi connectivity index (χ1) is 10.5. The second-order valence-corrected chi connectivity index (χ2v) is 6.27. The Morgan fingerprint density at radius 2 is 2.23 bits per heavy atom. The fraction of sp³-hybridized carbons (Fsp3) is 0.611. The summed E-state index contributed by atoms with van der Waals surface area (Å²) in [5.41, 5.74) is 1.12. The van der Waals surface area contributed by atoms with Gasteiger partial charge in [0, 0.05) is 12.8 Å². The normalized spacial score (nSPS) is 24.8. The number of anilines is 1. The van der Waals surface area contributed by atoms with Crippen LogP contribution < -0.4 is 10.1 Å². The van der Waals surface area contributed by atoms with Crippen LogP contribution in [0.1, 0.15) is 45.1 Å². The maximum atomic E-state index is 12.7. The summed E-state index contributed by atoms with van der Waals surface area (Å²) in [5.74, 6) is 1.33. The Kier molecular flexibility index (Phi) is 5.46. The first-order valence-corrected chi connectivity index (χ1v) is 8.11.